The number of hydrogen-bond acceptors (Lipinski definition) is 15. The van der Waals surface area contributed by atoms with Crippen LogP contribution in [-0.4, -0.2) is 96.7 Å². The summed E-state index contributed by atoms with van der Waals surface area (Å²) in [7, 11) is -9.92. The van der Waals surface area contributed by atoms with Crippen LogP contribution in [0.4, 0.5) is 0 Å². The Kier molecular flexibility index (Phi) is 68.7. The second-order valence-corrected chi connectivity index (χ2v) is 33.5. The van der Waals surface area contributed by atoms with Gasteiger partial charge in [-0.25, -0.2) is 9.13 Å². The Hall–Kier alpha value is -1.94. The van der Waals surface area contributed by atoms with Gasteiger partial charge >= 0.3 is 39.5 Å². The van der Waals surface area contributed by atoms with Crippen LogP contribution >= 0.6 is 15.6 Å². The summed E-state index contributed by atoms with van der Waals surface area (Å²) in [5, 5.41) is 10.6. The van der Waals surface area contributed by atoms with E-state index in [-0.39, 0.29) is 25.7 Å². The summed E-state index contributed by atoms with van der Waals surface area (Å²) >= 11 is 0. The predicted octanol–water partition coefficient (Wildman–Crippen LogP) is 24.0. The average molecular weight is 1470 g/mol. The molecule has 0 saturated carbocycles. The molecule has 7 atom stereocenters. The van der Waals surface area contributed by atoms with E-state index >= 15 is 0 Å². The smallest absolute Gasteiger partial charge is 0.462 e. The summed E-state index contributed by atoms with van der Waals surface area (Å²) in [6.07, 6.45) is 57.3. The van der Waals surface area contributed by atoms with E-state index in [9.17, 15) is 43.2 Å². The van der Waals surface area contributed by atoms with Crippen LogP contribution in [0.5, 0.6) is 0 Å². The molecule has 594 valence electrons. The summed E-state index contributed by atoms with van der Waals surface area (Å²) in [4.78, 5) is 72.9. The summed E-state index contributed by atoms with van der Waals surface area (Å²) in [5.74, 6) is 0.962. The van der Waals surface area contributed by atoms with Gasteiger partial charge in [-0.3, -0.25) is 37.3 Å². The van der Waals surface area contributed by atoms with Crippen molar-refractivity contribution in [2.24, 2.45) is 23.7 Å². The van der Waals surface area contributed by atoms with Gasteiger partial charge in [0, 0.05) is 25.7 Å². The maximum atomic E-state index is 13.1. The molecule has 0 rings (SSSR count). The van der Waals surface area contributed by atoms with E-state index in [1.165, 1.54) is 212 Å². The van der Waals surface area contributed by atoms with Gasteiger partial charge < -0.3 is 33.8 Å². The number of aliphatic hydroxyl groups is 1. The van der Waals surface area contributed by atoms with Gasteiger partial charge in [-0.15, -0.1) is 0 Å². The lowest BCUT2D eigenvalue weighted by Crippen LogP contribution is -2.30. The molecule has 0 aliphatic rings. The molecule has 0 heterocycles. The lowest BCUT2D eigenvalue weighted by atomic mass is 9.99. The van der Waals surface area contributed by atoms with E-state index in [0.717, 1.165) is 114 Å². The molecule has 0 fully saturated rings. The number of unbranched alkanes of at least 4 members (excludes halogenated alkanes) is 42. The number of carbonyl (C=O) groups excluding carboxylic acids is 4. The van der Waals surface area contributed by atoms with E-state index in [0.29, 0.717) is 31.6 Å². The Labute approximate surface area is 613 Å². The molecule has 0 amide bonds. The number of rotatable bonds is 78. The highest BCUT2D eigenvalue weighted by molar-refractivity contribution is 7.47. The molecule has 3 N–H and O–H groups in total. The van der Waals surface area contributed by atoms with Crippen molar-refractivity contribution in [1.82, 2.24) is 0 Å². The minimum atomic E-state index is -4.96. The number of aliphatic hydroxyl groups excluding tert-OH is 1. The Morgan fingerprint density at radius 3 is 0.710 bits per heavy atom. The molecule has 17 nitrogen and oxygen atoms in total. The number of carbonyl (C=O) groups is 4. The summed E-state index contributed by atoms with van der Waals surface area (Å²) in [5.41, 5.74) is 0. The molecule has 0 bridgehead atoms. The Morgan fingerprint density at radius 1 is 0.280 bits per heavy atom. The number of ether oxygens (including phenoxy) is 4. The quantitative estimate of drug-likeness (QED) is 0.0222. The van der Waals surface area contributed by atoms with Crippen LogP contribution in [-0.2, 0) is 65.4 Å². The molecule has 0 aromatic carbocycles. The number of phosphoric ester groups is 2. The molecule has 0 saturated heterocycles. The Morgan fingerprint density at radius 2 is 0.480 bits per heavy atom. The summed E-state index contributed by atoms with van der Waals surface area (Å²) in [6.45, 7) is 14.2. The SMILES string of the molecule is CCC(C)CCCCCCCCCCCCCCCCCCCCC(=O)O[C@H](COC(=O)CCCCCCCCC(C)C)COP(=O)(O)OC[C@H](O)COP(=O)(O)OC[C@@H](COC(=O)CCCCCCCCCCCCCCCCCCC(C)C)OC(=O)CCCCCCCCC(C)CC. The molecule has 19 heteroatoms. The maximum absolute atomic E-state index is 13.1. The third kappa shape index (κ3) is 71.7. The second-order valence-electron chi connectivity index (χ2n) is 30.6. The minimum absolute atomic E-state index is 0.103. The van der Waals surface area contributed by atoms with Crippen LogP contribution < -0.4 is 0 Å². The maximum Gasteiger partial charge on any atom is 0.472 e. The molecule has 0 radical (unpaired) electrons. The third-order valence-corrected chi connectivity index (χ3v) is 21.4. The van der Waals surface area contributed by atoms with Gasteiger partial charge in [0.1, 0.15) is 19.3 Å². The van der Waals surface area contributed by atoms with Crippen LogP contribution in [0.2, 0.25) is 0 Å². The lowest BCUT2D eigenvalue weighted by molar-refractivity contribution is -0.161. The fourth-order valence-electron chi connectivity index (χ4n) is 12.4. The lowest BCUT2D eigenvalue weighted by Gasteiger charge is -2.21. The number of hydrogen-bond donors (Lipinski definition) is 3. The minimum Gasteiger partial charge on any atom is -0.462 e. The first-order valence-electron chi connectivity index (χ1n) is 41.8. The molecular formula is C81H158O17P2. The van der Waals surface area contributed by atoms with Crippen molar-refractivity contribution in [2.75, 3.05) is 39.6 Å². The van der Waals surface area contributed by atoms with Crippen molar-refractivity contribution < 1.29 is 80.2 Å². The zero-order chi connectivity index (χ0) is 73.8. The van der Waals surface area contributed by atoms with Crippen LogP contribution in [0.15, 0.2) is 0 Å². The molecule has 0 aromatic rings. The number of esters is 4. The summed E-state index contributed by atoms with van der Waals surface area (Å²) < 4.78 is 68.6. The molecule has 0 aromatic heterocycles. The van der Waals surface area contributed by atoms with Crippen molar-refractivity contribution in [1.29, 1.82) is 0 Å². The van der Waals surface area contributed by atoms with Gasteiger partial charge in [0.2, 0.25) is 0 Å². The zero-order valence-corrected chi connectivity index (χ0v) is 67.6. The molecular weight excluding hydrogens is 1310 g/mol. The third-order valence-electron chi connectivity index (χ3n) is 19.5. The van der Waals surface area contributed by atoms with Crippen molar-refractivity contribution in [2.45, 2.75) is 433 Å². The van der Waals surface area contributed by atoms with Crippen LogP contribution in [0.3, 0.4) is 0 Å². The van der Waals surface area contributed by atoms with Gasteiger partial charge in [-0.05, 0) is 49.4 Å². The predicted molar refractivity (Wildman–Crippen MR) is 409 cm³/mol. The van der Waals surface area contributed by atoms with Gasteiger partial charge in [-0.2, -0.15) is 0 Å². The van der Waals surface area contributed by atoms with E-state index in [1.807, 2.05) is 0 Å². The highest BCUT2D eigenvalue weighted by atomic mass is 31.2. The van der Waals surface area contributed by atoms with Gasteiger partial charge in [0.05, 0.1) is 26.4 Å². The fraction of sp³-hybridized carbons (Fsp3) is 0.951. The van der Waals surface area contributed by atoms with E-state index in [4.69, 9.17) is 37.0 Å². The van der Waals surface area contributed by atoms with Crippen LogP contribution in [0, 0.1) is 23.7 Å². The highest BCUT2D eigenvalue weighted by Gasteiger charge is 2.30. The van der Waals surface area contributed by atoms with E-state index < -0.39 is 97.5 Å². The first-order valence-corrected chi connectivity index (χ1v) is 44.8. The van der Waals surface area contributed by atoms with Crippen LogP contribution in [0.1, 0.15) is 415 Å². The zero-order valence-electron chi connectivity index (χ0n) is 65.8. The van der Waals surface area contributed by atoms with Crippen molar-refractivity contribution in [3.8, 4) is 0 Å². The molecule has 0 aliphatic heterocycles. The first kappa shape index (κ1) is 98.1. The largest absolute Gasteiger partial charge is 0.472 e. The normalized spacial score (nSPS) is 14.6. The number of phosphoric acid groups is 2. The second kappa shape index (κ2) is 70.1. The van der Waals surface area contributed by atoms with Crippen LogP contribution in [0.25, 0.3) is 0 Å². The molecule has 0 spiro atoms. The Balaban J connectivity index is 5.11. The monoisotopic (exact) mass is 1470 g/mol. The first-order chi connectivity index (χ1) is 48.2. The summed E-state index contributed by atoms with van der Waals surface area (Å²) in [6, 6.07) is 0. The van der Waals surface area contributed by atoms with Crippen molar-refractivity contribution in [3.05, 3.63) is 0 Å². The highest BCUT2D eigenvalue weighted by Crippen LogP contribution is 2.45. The van der Waals surface area contributed by atoms with Gasteiger partial charge in [0.25, 0.3) is 0 Å². The standard InChI is InChI=1S/C81H158O17P2/c1-9-73(7)59-51-43-34-30-26-22-18-13-11-12-14-20-24-28-32-36-47-55-63-80(85)97-76(68-92-79(84)62-54-46-39-37-42-50-58-72(5)6)69-95-99(87,88)93-65-75(82)66-94-100(89,90)96-70-77(98-81(86)64-56-48-40-38-44-52-60-74(8)10-2)67-91-78(83)61-53-45-35-31-27-23-19-16-15-17-21-25-29-33-41-49-57-71(3)4/h71-77,82H,9-70H2,1-8H3,(H,87,88)(H,89,90)/t73?,74?,75-,76+,77+/m0/s1. The van der Waals surface area contributed by atoms with Gasteiger partial charge in [0.15, 0.2) is 12.2 Å². The van der Waals surface area contributed by atoms with E-state index in [1.54, 1.807) is 0 Å². The van der Waals surface area contributed by atoms with Crippen molar-refractivity contribution in [3.63, 3.8) is 0 Å². The average Bonchev–Trinajstić information content (AvgIpc) is 0.931. The topological polar surface area (TPSA) is 237 Å². The Bertz CT molecular complexity index is 1960. The van der Waals surface area contributed by atoms with Crippen molar-refractivity contribution >= 4 is 39.5 Å². The molecule has 0 aliphatic carbocycles. The van der Waals surface area contributed by atoms with E-state index in [2.05, 4.69) is 55.4 Å². The fourth-order valence-corrected chi connectivity index (χ4v) is 13.9. The molecule has 4 unspecified atom stereocenters. The molecule has 100 heavy (non-hydrogen) atoms. The van der Waals surface area contributed by atoms with Gasteiger partial charge in [-0.1, -0.05) is 364 Å².